The summed E-state index contributed by atoms with van der Waals surface area (Å²) >= 11 is 0. The number of esters is 2. The van der Waals surface area contributed by atoms with Crippen LogP contribution < -0.4 is 0 Å². The highest BCUT2D eigenvalue weighted by atomic mass is 16.7. The standard InChI is InChI=1S/C41H66O15/c1-3-5-7-9-11-12-13-14-15-16-18-20-22-24-33(44)54-29(26-51-32(43)23-21-19-17-10-8-6-4-2)27-52-40-39(50)37(48)35(46)31(56-40)28-53-41-38(49)36(47)34(45)30(25-42)55-41/h5,7,9,11-15,17,19,29-31,34-42,45-50H,3-4,6,8,10,16,18,20-28H2,1-2H3/b7-5+,11-9+,13-12+,15-14+,19-17+/t29?,30-,31-,34+,35+,36?,37?,38?,39?,40-,41-/m1/s1. The predicted molar refractivity (Wildman–Crippen MR) is 206 cm³/mol. The molecule has 11 atom stereocenters. The summed E-state index contributed by atoms with van der Waals surface area (Å²) in [6.45, 7) is 2.22. The maximum atomic E-state index is 12.8. The molecular weight excluding hydrogens is 732 g/mol. The molecule has 2 heterocycles. The van der Waals surface area contributed by atoms with Crippen LogP contribution in [0.5, 0.6) is 0 Å². The van der Waals surface area contributed by atoms with Crippen LogP contribution in [0.1, 0.15) is 90.9 Å². The van der Waals surface area contributed by atoms with Crippen LogP contribution >= 0.6 is 0 Å². The molecule has 0 spiro atoms. The monoisotopic (exact) mass is 798 g/mol. The number of carbonyl (C=O) groups excluding carboxylic acids is 2. The molecule has 2 aliphatic rings. The smallest absolute Gasteiger partial charge is 0.306 e. The fraction of sp³-hybridized carbons (Fsp3) is 0.707. The third-order valence-corrected chi connectivity index (χ3v) is 9.09. The second-order valence-electron chi connectivity index (χ2n) is 13.8. The highest BCUT2D eigenvalue weighted by molar-refractivity contribution is 5.70. The van der Waals surface area contributed by atoms with Crippen molar-refractivity contribution in [3.63, 3.8) is 0 Å². The van der Waals surface area contributed by atoms with Gasteiger partial charge < -0.3 is 64.2 Å². The van der Waals surface area contributed by atoms with Crippen LogP contribution in [0, 0.1) is 0 Å². The van der Waals surface area contributed by atoms with Gasteiger partial charge in [0, 0.05) is 12.8 Å². The normalized spacial score (nSPS) is 29.3. The first kappa shape index (κ1) is 49.3. The number of aliphatic hydroxyl groups excluding tert-OH is 7. The van der Waals surface area contributed by atoms with Crippen molar-refractivity contribution in [3.05, 3.63) is 60.8 Å². The lowest BCUT2D eigenvalue weighted by atomic mass is 9.98. The summed E-state index contributed by atoms with van der Waals surface area (Å²) in [6.07, 6.45) is 11.9. The Morgan fingerprint density at radius 1 is 0.589 bits per heavy atom. The van der Waals surface area contributed by atoms with E-state index in [0.29, 0.717) is 12.8 Å². The Labute approximate surface area is 330 Å². The molecule has 0 aromatic carbocycles. The largest absolute Gasteiger partial charge is 0.462 e. The maximum absolute atomic E-state index is 12.8. The number of ether oxygens (including phenoxy) is 6. The zero-order valence-corrected chi connectivity index (χ0v) is 32.8. The number of rotatable bonds is 27. The van der Waals surface area contributed by atoms with E-state index in [-0.39, 0.29) is 19.4 Å². The number of allylic oxidation sites excluding steroid dienone is 10. The minimum atomic E-state index is -1.78. The van der Waals surface area contributed by atoms with Gasteiger partial charge in [0.25, 0.3) is 0 Å². The fourth-order valence-corrected chi connectivity index (χ4v) is 5.71. The molecule has 0 bridgehead atoms. The third kappa shape index (κ3) is 19.1. The molecule has 320 valence electrons. The predicted octanol–water partition coefficient (Wildman–Crippen LogP) is 2.58. The second kappa shape index (κ2) is 29.4. The van der Waals surface area contributed by atoms with Crippen molar-refractivity contribution < 1.29 is 73.8 Å². The first-order chi connectivity index (χ1) is 27.0. The van der Waals surface area contributed by atoms with Gasteiger partial charge in [0.1, 0.15) is 55.4 Å². The summed E-state index contributed by atoms with van der Waals surface area (Å²) in [5.74, 6) is -1.05. The van der Waals surface area contributed by atoms with E-state index in [9.17, 15) is 45.3 Å². The van der Waals surface area contributed by atoms with E-state index in [1.54, 1.807) is 0 Å². The Balaban J connectivity index is 1.93. The van der Waals surface area contributed by atoms with E-state index in [0.717, 1.165) is 51.4 Å². The minimum Gasteiger partial charge on any atom is -0.462 e. The van der Waals surface area contributed by atoms with Crippen LogP contribution in [0.25, 0.3) is 0 Å². The molecule has 2 rings (SSSR count). The van der Waals surface area contributed by atoms with Gasteiger partial charge in [-0.05, 0) is 44.9 Å². The van der Waals surface area contributed by atoms with Crippen LogP contribution in [0.2, 0.25) is 0 Å². The summed E-state index contributed by atoms with van der Waals surface area (Å²) in [6, 6.07) is 0. The molecule has 7 N–H and O–H groups in total. The van der Waals surface area contributed by atoms with Gasteiger partial charge in [-0.25, -0.2) is 0 Å². The first-order valence-electron chi connectivity index (χ1n) is 19.9. The first-order valence-corrected chi connectivity index (χ1v) is 19.9. The average molecular weight is 799 g/mol. The molecule has 0 saturated carbocycles. The number of hydrogen-bond acceptors (Lipinski definition) is 15. The van der Waals surface area contributed by atoms with Gasteiger partial charge in [-0.2, -0.15) is 0 Å². The van der Waals surface area contributed by atoms with Crippen LogP contribution in [0.3, 0.4) is 0 Å². The molecule has 0 radical (unpaired) electrons. The average Bonchev–Trinajstić information content (AvgIpc) is 3.19. The van der Waals surface area contributed by atoms with Gasteiger partial charge in [0.05, 0.1) is 19.8 Å². The van der Waals surface area contributed by atoms with Crippen molar-refractivity contribution in [1.29, 1.82) is 0 Å². The molecule has 0 aromatic heterocycles. The molecule has 2 saturated heterocycles. The Hall–Kier alpha value is -2.80. The van der Waals surface area contributed by atoms with E-state index < -0.39 is 99.3 Å². The Bertz CT molecular complexity index is 1220. The highest BCUT2D eigenvalue weighted by Gasteiger charge is 2.47. The van der Waals surface area contributed by atoms with Crippen LogP contribution in [0.15, 0.2) is 60.8 Å². The van der Waals surface area contributed by atoms with E-state index >= 15 is 0 Å². The van der Waals surface area contributed by atoms with Gasteiger partial charge in [-0.3, -0.25) is 9.59 Å². The molecule has 56 heavy (non-hydrogen) atoms. The van der Waals surface area contributed by atoms with Gasteiger partial charge in [-0.15, -0.1) is 0 Å². The lowest BCUT2D eigenvalue weighted by Gasteiger charge is -2.42. The topological polar surface area (TPSA) is 231 Å². The summed E-state index contributed by atoms with van der Waals surface area (Å²) in [7, 11) is 0. The highest BCUT2D eigenvalue weighted by Crippen LogP contribution is 2.26. The molecule has 0 aliphatic carbocycles. The second-order valence-corrected chi connectivity index (χ2v) is 13.8. The Kier molecular flexibility index (Phi) is 25.9. The van der Waals surface area contributed by atoms with Crippen molar-refractivity contribution in [2.45, 2.75) is 158 Å². The van der Waals surface area contributed by atoms with Gasteiger partial charge in [0.2, 0.25) is 0 Å². The fourth-order valence-electron chi connectivity index (χ4n) is 5.71. The van der Waals surface area contributed by atoms with Gasteiger partial charge >= 0.3 is 11.9 Å². The quantitative estimate of drug-likeness (QED) is 0.0274. The molecule has 5 unspecified atom stereocenters. The van der Waals surface area contributed by atoms with Crippen LogP contribution in [-0.2, 0) is 38.0 Å². The zero-order valence-electron chi connectivity index (χ0n) is 32.8. The van der Waals surface area contributed by atoms with E-state index in [1.165, 1.54) is 0 Å². The maximum Gasteiger partial charge on any atom is 0.306 e. The molecule has 15 nitrogen and oxygen atoms in total. The summed E-state index contributed by atoms with van der Waals surface area (Å²) < 4.78 is 33.1. The SMILES string of the molecule is CC/C=C/C=C/C=C/C=C/CCCCCC(=O)OC(COC(=O)CC/C=C/CCCCC)CO[C@@H]1O[C@H](CO[C@@H]2O[C@H](CO)[C@H](O)C(O)C2O)[C@H](O)C(O)C1O. The van der Waals surface area contributed by atoms with Crippen molar-refractivity contribution >= 4 is 11.9 Å². The van der Waals surface area contributed by atoms with E-state index in [4.69, 9.17) is 28.4 Å². The summed E-state index contributed by atoms with van der Waals surface area (Å²) in [5.41, 5.74) is 0. The summed E-state index contributed by atoms with van der Waals surface area (Å²) in [4.78, 5) is 25.3. The van der Waals surface area contributed by atoms with Crippen LogP contribution in [-0.4, -0.2) is 142 Å². The zero-order chi connectivity index (χ0) is 41.1. The number of hydrogen-bond donors (Lipinski definition) is 7. The van der Waals surface area contributed by atoms with E-state index in [2.05, 4.69) is 26.0 Å². The summed E-state index contributed by atoms with van der Waals surface area (Å²) in [5, 5.41) is 71.5. The molecular formula is C41H66O15. The van der Waals surface area contributed by atoms with Crippen molar-refractivity contribution in [3.8, 4) is 0 Å². The number of carbonyl (C=O) groups is 2. The lowest BCUT2D eigenvalue weighted by Crippen LogP contribution is -2.61. The number of aliphatic hydroxyl groups is 7. The third-order valence-electron chi connectivity index (χ3n) is 9.09. The Morgan fingerprint density at radius 3 is 1.86 bits per heavy atom. The molecule has 2 aliphatic heterocycles. The Morgan fingerprint density at radius 2 is 1.18 bits per heavy atom. The number of unbranched alkanes of at least 4 members (excludes halogenated alkanes) is 6. The molecule has 15 heteroatoms. The molecule has 0 aromatic rings. The lowest BCUT2D eigenvalue weighted by molar-refractivity contribution is -0.332. The molecule has 0 amide bonds. The van der Waals surface area contributed by atoms with Gasteiger partial charge in [0.15, 0.2) is 18.7 Å². The van der Waals surface area contributed by atoms with Crippen molar-refractivity contribution in [1.82, 2.24) is 0 Å². The van der Waals surface area contributed by atoms with E-state index in [1.807, 2.05) is 48.6 Å². The molecule has 2 fully saturated rings. The van der Waals surface area contributed by atoms with Gasteiger partial charge in [-0.1, -0.05) is 93.9 Å². The minimum absolute atomic E-state index is 0.109. The van der Waals surface area contributed by atoms with Crippen LogP contribution in [0.4, 0.5) is 0 Å². The van der Waals surface area contributed by atoms with Crippen molar-refractivity contribution in [2.24, 2.45) is 0 Å². The van der Waals surface area contributed by atoms with Crippen molar-refractivity contribution in [2.75, 3.05) is 26.4 Å².